The average Bonchev–Trinajstić information content (AvgIpc) is 2.94. The number of aromatic nitrogens is 4. The fourth-order valence-electron chi connectivity index (χ4n) is 2.71. The second-order valence-electron chi connectivity index (χ2n) is 6.03. The summed E-state index contributed by atoms with van der Waals surface area (Å²) in [5.41, 5.74) is 3.03. The highest BCUT2D eigenvalue weighted by Gasteiger charge is 2.16. The summed E-state index contributed by atoms with van der Waals surface area (Å²) in [5.74, 6) is 1.52. The SMILES string of the molecule is Cc1nc2ncnn2c(N(C)C)c1Cc1ccc(S(C)(=N)=O)cc1. The van der Waals surface area contributed by atoms with Crippen LogP contribution < -0.4 is 4.90 Å². The van der Waals surface area contributed by atoms with Crippen molar-refractivity contribution in [3.05, 3.63) is 47.4 Å². The maximum Gasteiger partial charge on any atom is 0.254 e. The number of hydrogen-bond donors (Lipinski definition) is 1. The lowest BCUT2D eigenvalue weighted by Gasteiger charge is -2.19. The molecule has 2 aromatic heterocycles. The monoisotopic (exact) mass is 344 g/mol. The summed E-state index contributed by atoms with van der Waals surface area (Å²) >= 11 is 0. The van der Waals surface area contributed by atoms with Crippen LogP contribution in [0.4, 0.5) is 5.82 Å². The van der Waals surface area contributed by atoms with Crippen molar-refractivity contribution < 1.29 is 4.21 Å². The number of benzene rings is 1. The largest absolute Gasteiger partial charge is 0.362 e. The smallest absolute Gasteiger partial charge is 0.254 e. The van der Waals surface area contributed by atoms with Gasteiger partial charge in [0.25, 0.3) is 5.78 Å². The maximum absolute atomic E-state index is 11.8. The minimum absolute atomic E-state index is 0.542. The first-order chi connectivity index (χ1) is 11.3. The summed E-state index contributed by atoms with van der Waals surface area (Å²) in [6.07, 6.45) is 3.60. The minimum atomic E-state index is -2.69. The van der Waals surface area contributed by atoms with Gasteiger partial charge in [0.05, 0.1) is 9.73 Å². The van der Waals surface area contributed by atoms with Crippen LogP contribution in [0.2, 0.25) is 0 Å². The van der Waals surface area contributed by atoms with Gasteiger partial charge in [-0.05, 0) is 24.6 Å². The van der Waals surface area contributed by atoms with Gasteiger partial charge in [-0.2, -0.15) is 14.6 Å². The van der Waals surface area contributed by atoms with E-state index in [1.54, 1.807) is 16.6 Å². The van der Waals surface area contributed by atoms with Crippen LogP contribution in [0, 0.1) is 11.7 Å². The van der Waals surface area contributed by atoms with Gasteiger partial charge in [-0.15, -0.1) is 0 Å². The van der Waals surface area contributed by atoms with Crippen LogP contribution in [0.25, 0.3) is 5.78 Å². The van der Waals surface area contributed by atoms with E-state index in [-0.39, 0.29) is 0 Å². The Bertz CT molecular complexity index is 989. The van der Waals surface area contributed by atoms with Crippen molar-refractivity contribution in [2.75, 3.05) is 25.3 Å². The summed E-state index contributed by atoms with van der Waals surface area (Å²) in [7, 11) is 1.25. The number of fused-ring (bicyclic) bond motifs is 1. The number of anilines is 1. The Morgan fingerprint density at radius 2 is 1.92 bits per heavy atom. The molecule has 126 valence electrons. The Morgan fingerprint density at radius 3 is 2.50 bits per heavy atom. The Morgan fingerprint density at radius 1 is 1.25 bits per heavy atom. The zero-order chi connectivity index (χ0) is 17.5. The summed E-state index contributed by atoms with van der Waals surface area (Å²) < 4.78 is 21.2. The molecule has 2 heterocycles. The third-order valence-electron chi connectivity index (χ3n) is 3.88. The second kappa shape index (κ2) is 5.86. The maximum atomic E-state index is 11.8. The second-order valence-corrected chi connectivity index (χ2v) is 8.19. The molecule has 0 aliphatic heterocycles. The lowest BCUT2D eigenvalue weighted by molar-refractivity contribution is 0.679. The van der Waals surface area contributed by atoms with E-state index in [0.717, 1.165) is 22.6 Å². The van der Waals surface area contributed by atoms with Crippen LogP contribution in [0.3, 0.4) is 0 Å². The number of aryl methyl sites for hydroxylation is 1. The van der Waals surface area contributed by atoms with Gasteiger partial charge in [0, 0.05) is 42.9 Å². The van der Waals surface area contributed by atoms with Gasteiger partial charge in [-0.3, -0.25) is 0 Å². The molecule has 0 spiro atoms. The molecule has 24 heavy (non-hydrogen) atoms. The van der Waals surface area contributed by atoms with Crippen LogP contribution in [0.1, 0.15) is 16.8 Å². The number of rotatable bonds is 4. The summed E-state index contributed by atoms with van der Waals surface area (Å²) in [6.45, 7) is 1.97. The number of nitrogens with one attached hydrogen (secondary N) is 1. The van der Waals surface area contributed by atoms with Gasteiger partial charge in [-0.1, -0.05) is 12.1 Å². The zero-order valence-electron chi connectivity index (χ0n) is 14.1. The third kappa shape index (κ3) is 2.96. The fourth-order valence-corrected chi connectivity index (χ4v) is 3.36. The van der Waals surface area contributed by atoms with E-state index in [9.17, 15) is 4.21 Å². The molecule has 1 unspecified atom stereocenters. The molecular weight excluding hydrogens is 324 g/mol. The molecule has 3 aromatic rings. The lowest BCUT2D eigenvalue weighted by Crippen LogP contribution is -2.18. The van der Waals surface area contributed by atoms with E-state index in [4.69, 9.17) is 4.78 Å². The predicted molar refractivity (Wildman–Crippen MR) is 94.1 cm³/mol. The molecule has 0 saturated heterocycles. The van der Waals surface area contributed by atoms with Crippen molar-refractivity contribution in [2.45, 2.75) is 18.2 Å². The number of nitrogens with zero attached hydrogens (tertiary/aromatic N) is 5. The van der Waals surface area contributed by atoms with Crippen molar-refractivity contribution in [3.63, 3.8) is 0 Å². The molecule has 0 amide bonds. The molecule has 1 atom stereocenters. The minimum Gasteiger partial charge on any atom is -0.362 e. The topological polar surface area (TPSA) is 87.2 Å². The molecule has 3 rings (SSSR count). The van der Waals surface area contributed by atoms with Crippen molar-refractivity contribution in [2.24, 2.45) is 0 Å². The molecule has 7 nitrogen and oxygen atoms in total. The van der Waals surface area contributed by atoms with Crippen LogP contribution in [0.5, 0.6) is 0 Å². The lowest BCUT2D eigenvalue weighted by atomic mass is 10.0. The van der Waals surface area contributed by atoms with Crippen LogP contribution in [-0.2, 0) is 16.1 Å². The van der Waals surface area contributed by atoms with E-state index in [2.05, 4.69) is 15.1 Å². The van der Waals surface area contributed by atoms with E-state index in [0.29, 0.717) is 17.1 Å². The van der Waals surface area contributed by atoms with Crippen molar-refractivity contribution in [3.8, 4) is 0 Å². The molecule has 0 aliphatic rings. The van der Waals surface area contributed by atoms with Gasteiger partial charge in [0.15, 0.2) is 0 Å². The van der Waals surface area contributed by atoms with Crippen LogP contribution in [0.15, 0.2) is 35.5 Å². The Kier molecular flexibility index (Phi) is 4.00. The Labute approximate surface area is 141 Å². The van der Waals surface area contributed by atoms with Crippen LogP contribution in [-0.4, -0.2) is 44.1 Å². The Balaban J connectivity index is 2.06. The molecule has 0 aliphatic carbocycles. The highest BCUT2D eigenvalue weighted by atomic mass is 32.2. The normalized spacial score (nSPS) is 13.8. The first-order valence-electron chi connectivity index (χ1n) is 7.46. The molecule has 0 bridgehead atoms. The van der Waals surface area contributed by atoms with Gasteiger partial charge < -0.3 is 4.90 Å². The standard InChI is InChI=1S/C16H20N6OS/c1-11-14(9-12-5-7-13(8-6-12)24(4,17)23)15(21(2)3)22-16(20-11)18-10-19-22/h5-8,10,17H,9H2,1-4H3. The molecule has 0 fully saturated rings. The zero-order valence-corrected chi connectivity index (χ0v) is 15.0. The molecule has 1 aromatic carbocycles. The molecular formula is C16H20N6OS. The third-order valence-corrected chi connectivity index (χ3v) is 5.05. The van der Waals surface area contributed by atoms with Crippen molar-refractivity contribution in [1.29, 1.82) is 4.78 Å². The molecule has 0 radical (unpaired) electrons. The van der Waals surface area contributed by atoms with Gasteiger partial charge in [0.2, 0.25) is 0 Å². The van der Waals surface area contributed by atoms with E-state index in [1.165, 1.54) is 12.6 Å². The number of hydrogen-bond acceptors (Lipinski definition) is 6. The van der Waals surface area contributed by atoms with Gasteiger partial charge in [0.1, 0.15) is 12.1 Å². The first-order valence-corrected chi connectivity index (χ1v) is 9.43. The highest BCUT2D eigenvalue weighted by molar-refractivity contribution is 7.91. The summed E-state index contributed by atoms with van der Waals surface area (Å²) in [5, 5.41) is 4.27. The van der Waals surface area contributed by atoms with Crippen molar-refractivity contribution in [1.82, 2.24) is 19.6 Å². The predicted octanol–water partition coefficient (Wildman–Crippen LogP) is 2.12. The summed E-state index contributed by atoms with van der Waals surface area (Å²) in [4.78, 5) is 11.2. The van der Waals surface area contributed by atoms with E-state index < -0.39 is 9.73 Å². The van der Waals surface area contributed by atoms with Gasteiger partial charge in [-0.25, -0.2) is 14.0 Å². The molecule has 1 N–H and O–H groups in total. The van der Waals surface area contributed by atoms with E-state index >= 15 is 0 Å². The quantitative estimate of drug-likeness (QED) is 0.783. The molecule has 0 saturated carbocycles. The summed E-state index contributed by atoms with van der Waals surface area (Å²) in [6, 6.07) is 7.35. The van der Waals surface area contributed by atoms with Gasteiger partial charge >= 0.3 is 0 Å². The average molecular weight is 344 g/mol. The highest BCUT2D eigenvalue weighted by Crippen LogP contribution is 2.25. The Hall–Kier alpha value is -2.48. The fraction of sp³-hybridized carbons (Fsp3) is 0.312. The first kappa shape index (κ1) is 16.4. The van der Waals surface area contributed by atoms with E-state index in [1.807, 2.05) is 38.1 Å². The van der Waals surface area contributed by atoms with Crippen LogP contribution >= 0.6 is 0 Å². The molecule has 8 heteroatoms. The van der Waals surface area contributed by atoms with Crippen molar-refractivity contribution >= 4 is 21.3 Å².